The summed E-state index contributed by atoms with van der Waals surface area (Å²) in [5, 5.41) is 2.94. The molecule has 2 aliphatic carbocycles. The van der Waals surface area contributed by atoms with Crippen LogP contribution >= 0.6 is 0 Å². The van der Waals surface area contributed by atoms with Crippen molar-refractivity contribution in [3.63, 3.8) is 0 Å². The molecule has 1 aliphatic heterocycles. The van der Waals surface area contributed by atoms with Gasteiger partial charge in [0, 0.05) is 25.2 Å². The lowest BCUT2D eigenvalue weighted by atomic mass is 9.72. The average Bonchev–Trinajstić information content (AvgIpc) is 3.03. The van der Waals surface area contributed by atoms with Gasteiger partial charge < -0.3 is 24.5 Å². The minimum atomic E-state index is -0.908. The molecule has 7 heteroatoms. The third-order valence-electron chi connectivity index (χ3n) is 7.91. The highest BCUT2D eigenvalue weighted by Crippen LogP contribution is 2.51. The van der Waals surface area contributed by atoms with Crippen molar-refractivity contribution >= 4 is 18.1 Å². The summed E-state index contributed by atoms with van der Waals surface area (Å²) in [5.41, 5.74) is 2.18. The van der Waals surface area contributed by atoms with Gasteiger partial charge in [-0.1, -0.05) is 30.2 Å². The molecular formula is C29H38N2O5. The van der Waals surface area contributed by atoms with Gasteiger partial charge in [0.25, 0.3) is 0 Å². The van der Waals surface area contributed by atoms with Gasteiger partial charge in [0.2, 0.25) is 11.8 Å². The maximum absolute atomic E-state index is 13.7. The number of nitrogens with one attached hydrogen (secondary N) is 1. The van der Waals surface area contributed by atoms with Crippen LogP contribution < -0.4 is 14.8 Å². The van der Waals surface area contributed by atoms with E-state index in [1.807, 2.05) is 17.0 Å². The van der Waals surface area contributed by atoms with Gasteiger partial charge in [-0.2, -0.15) is 0 Å². The molecule has 0 aromatic heterocycles. The van der Waals surface area contributed by atoms with E-state index >= 15 is 0 Å². The summed E-state index contributed by atoms with van der Waals surface area (Å²) in [6.07, 6.45) is 14.1. The molecule has 1 aromatic rings. The van der Waals surface area contributed by atoms with Crippen LogP contribution in [0.3, 0.4) is 0 Å². The van der Waals surface area contributed by atoms with Crippen LogP contribution in [-0.2, 0) is 20.9 Å². The topological polar surface area (TPSA) is 84.9 Å². The summed E-state index contributed by atoms with van der Waals surface area (Å²) < 4.78 is 10.6. The fourth-order valence-corrected chi connectivity index (χ4v) is 5.90. The highest BCUT2D eigenvalue weighted by molar-refractivity contribution is 5.95. The lowest BCUT2D eigenvalue weighted by Gasteiger charge is -2.29. The fraction of sp³-hybridized carbons (Fsp3) is 0.552. The van der Waals surface area contributed by atoms with Crippen LogP contribution in [0.5, 0.6) is 11.5 Å². The van der Waals surface area contributed by atoms with Crippen molar-refractivity contribution in [2.24, 2.45) is 11.3 Å². The molecule has 1 fully saturated rings. The van der Waals surface area contributed by atoms with Crippen LogP contribution in [-0.4, -0.2) is 43.8 Å². The molecule has 1 aromatic carbocycles. The van der Waals surface area contributed by atoms with E-state index in [-0.39, 0.29) is 18.2 Å². The Morgan fingerprint density at radius 3 is 2.61 bits per heavy atom. The number of fused-ring (bicyclic) bond motifs is 1. The predicted octanol–water partition coefficient (Wildman–Crippen LogP) is 4.70. The number of likely N-dealkylation sites (tertiary alicyclic amines) is 1. The summed E-state index contributed by atoms with van der Waals surface area (Å²) in [6.45, 7) is 0.880. The van der Waals surface area contributed by atoms with Crippen molar-refractivity contribution < 1.29 is 23.9 Å². The molecule has 0 radical (unpaired) electrons. The molecule has 2 amide bonds. The van der Waals surface area contributed by atoms with Crippen molar-refractivity contribution in [2.75, 3.05) is 20.8 Å². The van der Waals surface area contributed by atoms with Gasteiger partial charge in [0.05, 0.1) is 25.6 Å². The van der Waals surface area contributed by atoms with Crippen LogP contribution in [0.1, 0.15) is 69.8 Å². The van der Waals surface area contributed by atoms with E-state index in [9.17, 15) is 14.4 Å². The second-order valence-corrected chi connectivity index (χ2v) is 10.1. The number of hydrogen-bond acceptors (Lipinski definition) is 5. The number of aldehydes is 1. The number of rotatable bonds is 10. The van der Waals surface area contributed by atoms with Gasteiger partial charge in [-0.25, -0.2) is 0 Å². The third kappa shape index (κ3) is 5.35. The zero-order chi connectivity index (χ0) is 25.5. The quantitative estimate of drug-likeness (QED) is 0.376. The van der Waals surface area contributed by atoms with Crippen LogP contribution in [0.15, 0.2) is 41.6 Å². The molecule has 1 N–H and O–H groups in total. The van der Waals surface area contributed by atoms with E-state index in [0.717, 1.165) is 56.1 Å². The first kappa shape index (κ1) is 26.0. The Bertz CT molecular complexity index is 1050. The maximum Gasteiger partial charge on any atom is 0.231 e. The number of carbonyl (C=O) groups excluding carboxylic acids is 3. The summed E-state index contributed by atoms with van der Waals surface area (Å²) in [5.74, 6) is 0.226. The molecule has 2 atom stereocenters. The molecule has 194 valence electrons. The number of hydrogen-bond donors (Lipinski definition) is 1. The van der Waals surface area contributed by atoms with Crippen LogP contribution in [0, 0.1) is 11.3 Å². The summed E-state index contributed by atoms with van der Waals surface area (Å²) >= 11 is 0. The van der Waals surface area contributed by atoms with E-state index in [2.05, 4.69) is 17.5 Å². The van der Waals surface area contributed by atoms with Gasteiger partial charge in [-0.05, 0) is 69.1 Å². The first-order chi connectivity index (χ1) is 17.5. The van der Waals surface area contributed by atoms with E-state index in [1.54, 1.807) is 20.3 Å². The van der Waals surface area contributed by atoms with Crippen LogP contribution in [0.2, 0.25) is 0 Å². The first-order valence-corrected chi connectivity index (χ1v) is 13.2. The average molecular weight is 495 g/mol. The number of amides is 2. The van der Waals surface area contributed by atoms with Crippen molar-refractivity contribution in [3.05, 3.63) is 47.2 Å². The second kappa shape index (κ2) is 11.8. The molecule has 0 saturated carbocycles. The van der Waals surface area contributed by atoms with E-state index in [0.29, 0.717) is 31.0 Å². The Labute approximate surface area is 213 Å². The number of ether oxygens (including phenoxy) is 2. The largest absolute Gasteiger partial charge is 0.493 e. The molecule has 0 bridgehead atoms. The third-order valence-corrected chi connectivity index (χ3v) is 7.91. The number of methoxy groups -OCH3 is 2. The molecular weight excluding hydrogens is 456 g/mol. The van der Waals surface area contributed by atoms with Crippen molar-refractivity contribution in [2.45, 2.75) is 70.8 Å². The lowest BCUT2D eigenvalue weighted by molar-refractivity contribution is -0.136. The highest BCUT2D eigenvalue weighted by Gasteiger charge is 2.56. The molecule has 36 heavy (non-hydrogen) atoms. The number of nitrogens with zero attached hydrogens (tertiary/aromatic N) is 1. The molecule has 0 unspecified atom stereocenters. The van der Waals surface area contributed by atoms with Gasteiger partial charge in [-0.15, -0.1) is 0 Å². The Kier molecular flexibility index (Phi) is 8.49. The summed E-state index contributed by atoms with van der Waals surface area (Å²) in [6, 6.07) is 5.48. The summed E-state index contributed by atoms with van der Waals surface area (Å²) in [7, 11) is 3.14. The van der Waals surface area contributed by atoms with E-state index in [1.165, 1.54) is 18.4 Å². The Hall–Kier alpha value is -3.09. The zero-order valence-corrected chi connectivity index (χ0v) is 21.5. The smallest absolute Gasteiger partial charge is 0.231 e. The lowest BCUT2D eigenvalue weighted by Crippen LogP contribution is -2.36. The number of carbonyl (C=O) groups is 3. The highest BCUT2D eigenvalue weighted by atomic mass is 16.5. The molecule has 1 saturated heterocycles. The fourth-order valence-electron chi connectivity index (χ4n) is 5.90. The van der Waals surface area contributed by atoms with Gasteiger partial charge in [0.1, 0.15) is 6.29 Å². The van der Waals surface area contributed by atoms with Crippen LogP contribution in [0.25, 0.3) is 0 Å². The predicted molar refractivity (Wildman–Crippen MR) is 137 cm³/mol. The second-order valence-electron chi connectivity index (χ2n) is 10.1. The standard InChI is InChI=1S/C29H38N2O5/c1-35-24-13-12-22(17-25(24)36-2)19-30-27(33)18-23-28(34)31(16-14-21-9-5-3-6-10-21)26-11-7-4-8-15-29(23,26)20-32/h9,11-13,17,20,23H,3-8,10,14-16,18-19H2,1-2H3,(H,30,33)/t23-,29-/m1/s1. The van der Waals surface area contributed by atoms with Crippen LogP contribution in [0.4, 0.5) is 0 Å². The summed E-state index contributed by atoms with van der Waals surface area (Å²) in [4.78, 5) is 41.2. The minimum absolute atomic E-state index is 0.00139. The number of allylic oxidation sites excluding steroid dienone is 3. The number of benzene rings is 1. The Morgan fingerprint density at radius 1 is 1.11 bits per heavy atom. The van der Waals surface area contributed by atoms with Crippen molar-refractivity contribution in [1.82, 2.24) is 10.2 Å². The normalized spacial score (nSPS) is 23.8. The van der Waals surface area contributed by atoms with E-state index in [4.69, 9.17) is 9.47 Å². The molecule has 4 rings (SSSR count). The minimum Gasteiger partial charge on any atom is -0.493 e. The first-order valence-electron chi connectivity index (χ1n) is 13.2. The molecule has 3 aliphatic rings. The van der Waals surface area contributed by atoms with Gasteiger partial charge in [-0.3, -0.25) is 9.59 Å². The SMILES string of the molecule is COc1ccc(CNC(=O)C[C@@H]2C(=O)N(CCC3=CCCCC3)C3=CCCCC[C@]32C=O)cc1OC. The van der Waals surface area contributed by atoms with Gasteiger partial charge in [0.15, 0.2) is 11.5 Å². The van der Waals surface area contributed by atoms with E-state index < -0.39 is 11.3 Å². The van der Waals surface area contributed by atoms with Gasteiger partial charge >= 0.3 is 0 Å². The molecule has 1 heterocycles. The monoisotopic (exact) mass is 494 g/mol. The molecule has 0 spiro atoms. The zero-order valence-electron chi connectivity index (χ0n) is 21.5. The Morgan fingerprint density at radius 2 is 1.89 bits per heavy atom. The Balaban J connectivity index is 1.48. The van der Waals surface area contributed by atoms with Crippen molar-refractivity contribution in [3.8, 4) is 11.5 Å². The maximum atomic E-state index is 13.7. The molecule has 7 nitrogen and oxygen atoms in total. The van der Waals surface area contributed by atoms with Crippen molar-refractivity contribution in [1.29, 1.82) is 0 Å².